The normalized spacial score (nSPS) is 10.7. The Morgan fingerprint density at radius 3 is 2.33 bits per heavy atom. The van der Waals surface area contributed by atoms with E-state index >= 15 is 0 Å². The number of carbonyl (C=O) groups excluding carboxylic acids is 1. The molecule has 0 atom stereocenters. The van der Waals surface area contributed by atoms with Crippen molar-refractivity contribution in [3.8, 4) is 0 Å². The number of benzene rings is 2. The molecule has 0 aliphatic rings. The van der Waals surface area contributed by atoms with Crippen LogP contribution in [0, 0.1) is 10.1 Å². The predicted molar refractivity (Wildman–Crippen MR) is 95.7 cm³/mol. The van der Waals surface area contributed by atoms with Gasteiger partial charge in [0.2, 0.25) is 0 Å². The van der Waals surface area contributed by atoms with Gasteiger partial charge in [0.15, 0.2) is 0 Å². The number of anilines is 1. The lowest BCUT2D eigenvalue weighted by Crippen LogP contribution is -2.40. The van der Waals surface area contributed by atoms with E-state index in [1.807, 2.05) is 44.2 Å². The first-order valence-corrected chi connectivity index (χ1v) is 8.19. The lowest BCUT2D eigenvalue weighted by atomic mass is 10.1. The Kier molecular flexibility index (Phi) is 5.93. The Morgan fingerprint density at radius 1 is 1.17 bits per heavy atom. The molecule has 6 heteroatoms. The van der Waals surface area contributed by atoms with Gasteiger partial charge in [-0.3, -0.25) is 14.9 Å². The summed E-state index contributed by atoms with van der Waals surface area (Å²) in [7, 11) is 0. The maximum atomic E-state index is 13.1. The summed E-state index contributed by atoms with van der Waals surface area (Å²) >= 11 is 5.84. The Morgan fingerprint density at radius 2 is 1.79 bits per heavy atom. The van der Waals surface area contributed by atoms with E-state index in [-0.39, 0.29) is 28.2 Å². The van der Waals surface area contributed by atoms with Crippen LogP contribution in [-0.4, -0.2) is 16.9 Å². The fourth-order valence-corrected chi connectivity index (χ4v) is 2.85. The molecule has 2 aromatic carbocycles. The molecule has 2 aromatic rings. The highest BCUT2D eigenvalue weighted by atomic mass is 35.5. The van der Waals surface area contributed by atoms with Crippen molar-refractivity contribution in [2.75, 3.05) is 4.90 Å². The molecular weight excluding hydrogens is 328 g/mol. The molecule has 5 nitrogen and oxygen atoms in total. The quantitative estimate of drug-likeness (QED) is 0.541. The molecule has 1 amide bonds. The van der Waals surface area contributed by atoms with Gasteiger partial charge in [0, 0.05) is 23.4 Å². The number of halogens is 1. The van der Waals surface area contributed by atoms with Gasteiger partial charge in [-0.15, -0.1) is 0 Å². The Balaban J connectivity index is 2.49. The fraction of sp³-hybridized carbons (Fsp3) is 0.278. The van der Waals surface area contributed by atoms with Crippen LogP contribution >= 0.6 is 11.6 Å². The molecule has 0 fully saturated rings. The number of carbonyl (C=O) groups is 1. The molecule has 0 unspecified atom stereocenters. The number of hydrogen-bond acceptors (Lipinski definition) is 3. The van der Waals surface area contributed by atoms with Gasteiger partial charge in [0.05, 0.1) is 4.92 Å². The molecule has 0 spiro atoms. The van der Waals surface area contributed by atoms with Gasteiger partial charge >= 0.3 is 0 Å². The third-order valence-corrected chi connectivity index (χ3v) is 4.27. The number of nitro groups is 1. The summed E-state index contributed by atoms with van der Waals surface area (Å²) in [5, 5.41) is 11.1. The Labute approximate surface area is 146 Å². The smallest absolute Gasteiger partial charge is 0.288 e. The van der Waals surface area contributed by atoms with Crippen LogP contribution < -0.4 is 4.90 Å². The van der Waals surface area contributed by atoms with Gasteiger partial charge in [-0.1, -0.05) is 43.6 Å². The van der Waals surface area contributed by atoms with Crippen LogP contribution in [0.15, 0.2) is 48.5 Å². The molecule has 126 valence electrons. The van der Waals surface area contributed by atoms with Gasteiger partial charge in [-0.25, -0.2) is 0 Å². The van der Waals surface area contributed by atoms with Crippen molar-refractivity contribution in [1.29, 1.82) is 0 Å². The molecule has 0 N–H and O–H groups in total. The lowest BCUT2D eigenvalue weighted by Gasteiger charge is -2.30. The standard InChI is InChI=1S/C18H19ClN2O3/c1-3-14(4-2)20(15-8-6-5-7-9-15)18(22)13-10-11-16(19)17(12-13)21(23)24/h5-12,14H,3-4H2,1-2H3. The third-order valence-electron chi connectivity index (χ3n) is 3.95. The summed E-state index contributed by atoms with van der Waals surface area (Å²) in [6.07, 6.45) is 1.57. The summed E-state index contributed by atoms with van der Waals surface area (Å²) in [4.78, 5) is 25.3. The van der Waals surface area contributed by atoms with Gasteiger partial charge < -0.3 is 4.90 Å². The van der Waals surface area contributed by atoms with E-state index in [9.17, 15) is 14.9 Å². The number of nitrogens with zero attached hydrogens (tertiary/aromatic N) is 2. The van der Waals surface area contributed by atoms with Crippen LogP contribution in [0.2, 0.25) is 5.02 Å². The van der Waals surface area contributed by atoms with Crippen molar-refractivity contribution < 1.29 is 9.72 Å². The van der Waals surface area contributed by atoms with E-state index in [0.29, 0.717) is 0 Å². The van der Waals surface area contributed by atoms with Crippen LogP contribution in [0.25, 0.3) is 0 Å². The van der Waals surface area contributed by atoms with Gasteiger partial charge in [0.1, 0.15) is 5.02 Å². The predicted octanol–water partition coefficient (Wildman–Crippen LogP) is 5.08. The molecule has 24 heavy (non-hydrogen) atoms. The van der Waals surface area contributed by atoms with E-state index in [4.69, 9.17) is 11.6 Å². The second-order valence-corrected chi connectivity index (χ2v) is 5.81. The van der Waals surface area contributed by atoms with Gasteiger partial charge in [-0.2, -0.15) is 0 Å². The van der Waals surface area contributed by atoms with Crippen LogP contribution in [0.3, 0.4) is 0 Å². The molecule has 0 heterocycles. The zero-order chi connectivity index (χ0) is 17.7. The van der Waals surface area contributed by atoms with Crippen molar-refractivity contribution in [3.63, 3.8) is 0 Å². The topological polar surface area (TPSA) is 63.5 Å². The average molecular weight is 347 g/mol. The van der Waals surface area contributed by atoms with Crippen LogP contribution in [-0.2, 0) is 0 Å². The third kappa shape index (κ3) is 3.74. The van der Waals surface area contributed by atoms with Crippen molar-refractivity contribution in [2.24, 2.45) is 0 Å². The number of amides is 1. The second-order valence-electron chi connectivity index (χ2n) is 5.40. The first kappa shape index (κ1) is 17.9. The first-order valence-electron chi connectivity index (χ1n) is 7.82. The minimum atomic E-state index is -0.580. The molecule has 0 saturated carbocycles. The summed E-state index contributed by atoms with van der Waals surface area (Å²) in [5.41, 5.74) is 0.760. The zero-order valence-electron chi connectivity index (χ0n) is 13.6. The van der Waals surface area contributed by atoms with Gasteiger partial charge in [-0.05, 0) is 37.1 Å². The van der Waals surface area contributed by atoms with Crippen LogP contribution in [0.1, 0.15) is 37.0 Å². The van der Waals surface area contributed by atoms with E-state index in [1.54, 1.807) is 4.90 Å². The molecule has 0 bridgehead atoms. The fourth-order valence-electron chi connectivity index (χ4n) is 2.66. The van der Waals surface area contributed by atoms with E-state index < -0.39 is 4.92 Å². The Bertz CT molecular complexity index is 730. The summed E-state index contributed by atoms with van der Waals surface area (Å²) in [6.45, 7) is 4.03. The molecule has 0 aliphatic carbocycles. The zero-order valence-corrected chi connectivity index (χ0v) is 14.4. The second kappa shape index (κ2) is 7.93. The molecule has 0 radical (unpaired) electrons. The highest BCUT2D eigenvalue weighted by Gasteiger charge is 2.26. The summed E-state index contributed by atoms with van der Waals surface area (Å²) in [5.74, 6) is -0.269. The Hall–Kier alpha value is -2.40. The minimum absolute atomic E-state index is 0.00892. The van der Waals surface area contributed by atoms with Crippen LogP contribution in [0.4, 0.5) is 11.4 Å². The monoisotopic (exact) mass is 346 g/mol. The van der Waals surface area contributed by atoms with E-state index in [1.165, 1.54) is 18.2 Å². The van der Waals surface area contributed by atoms with E-state index in [0.717, 1.165) is 18.5 Å². The number of rotatable bonds is 6. The molecule has 0 saturated heterocycles. The highest BCUT2D eigenvalue weighted by molar-refractivity contribution is 6.32. The number of nitro benzene ring substituents is 1. The maximum Gasteiger partial charge on any atom is 0.288 e. The first-order chi connectivity index (χ1) is 11.5. The number of para-hydroxylation sites is 1. The molecule has 2 rings (SSSR count). The molecule has 0 aromatic heterocycles. The van der Waals surface area contributed by atoms with Crippen molar-refractivity contribution in [2.45, 2.75) is 32.7 Å². The molecule has 0 aliphatic heterocycles. The van der Waals surface area contributed by atoms with Gasteiger partial charge in [0.25, 0.3) is 11.6 Å². The summed E-state index contributed by atoms with van der Waals surface area (Å²) < 4.78 is 0. The highest BCUT2D eigenvalue weighted by Crippen LogP contribution is 2.28. The largest absolute Gasteiger partial charge is 0.305 e. The van der Waals surface area contributed by atoms with Crippen molar-refractivity contribution in [3.05, 3.63) is 69.2 Å². The van der Waals surface area contributed by atoms with Crippen molar-refractivity contribution >= 4 is 28.9 Å². The average Bonchev–Trinajstić information content (AvgIpc) is 2.60. The molecular formula is C18H19ClN2O3. The summed E-state index contributed by atoms with van der Waals surface area (Å²) in [6, 6.07) is 13.5. The SMILES string of the molecule is CCC(CC)N(C(=O)c1ccc(Cl)c([N+](=O)[O-])c1)c1ccccc1. The lowest BCUT2D eigenvalue weighted by molar-refractivity contribution is -0.384. The number of hydrogen-bond donors (Lipinski definition) is 0. The van der Waals surface area contributed by atoms with E-state index in [2.05, 4.69) is 0 Å². The van der Waals surface area contributed by atoms with Crippen LogP contribution in [0.5, 0.6) is 0 Å². The van der Waals surface area contributed by atoms with Crippen molar-refractivity contribution in [1.82, 2.24) is 0 Å². The maximum absolute atomic E-state index is 13.1. The minimum Gasteiger partial charge on any atom is -0.305 e.